The molecule has 0 saturated carbocycles. The number of halogens is 2. The van der Waals surface area contributed by atoms with Gasteiger partial charge >= 0.3 is 0 Å². The van der Waals surface area contributed by atoms with E-state index < -0.39 is 26.7 Å². The van der Waals surface area contributed by atoms with E-state index in [2.05, 4.69) is 15.5 Å². The second-order valence-electron chi connectivity index (χ2n) is 8.09. The molecule has 4 rings (SSSR count). The number of nitrogens with zero attached hydrogens (tertiary/aromatic N) is 2. The maximum absolute atomic E-state index is 13.2. The van der Waals surface area contributed by atoms with E-state index >= 15 is 0 Å². The highest BCUT2D eigenvalue weighted by Crippen LogP contribution is 2.41. The average Bonchev–Trinajstić information content (AvgIpc) is 2.86. The number of nitrogens with one attached hydrogen (secondary N) is 1. The van der Waals surface area contributed by atoms with Gasteiger partial charge < -0.3 is 15.2 Å². The van der Waals surface area contributed by atoms with Crippen molar-refractivity contribution in [2.75, 3.05) is 11.9 Å². The summed E-state index contributed by atoms with van der Waals surface area (Å²) in [6, 6.07) is 15.7. The molecule has 0 unspecified atom stereocenters. The zero-order valence-electron chi connectivity index (χ0n) is 20.1. The Morgan fingerprint density at radius 1 is 1.05 bits per heavy atom. The number of hydrogen-bond donors (Lipinski definition) is 3. The number of fused-ring (bicyclic) bond motifs is 1. The number of rotatable bonds is 7. The van der Waals surface area contributed by atoms with Gasteiger partial charge in [-0.1, -0.05) is 47.5 Å². The second kappa shape index (κ2) is 11.0. The van der Waals surface area contributed by atoms with Crippen LogP contribution in [0, 0.1) is 6.92 Å². The second-order valence-corrected chi connectivity index (χ2v) is 10.3. The molecule has 0 aliphatic rings. The molecule has 0 saturated heterocycles. The van der Waals surface area contributed by atoms with Gasteiger partial charge in [0.15, 0.2) is 5.75 Å². The van der Waals surface area contributed by atoms with Gasteiger partial charge in [0.2, 0.25) is 0 Å². The van der Waals surface area contributed by atoms with Gasteiger partial charge in [-0.05, 0) is 55.1 Å². The van der Waals surface area contributed by atoms with Crippen LogP contribution in [0.15, 0.2) is 75.8 Å². The highest BCUT2D eigenvalue weighted by Gasteiger charge is 2.21. The Balaban J connectivity index is 1.80. The summed E-state index contributed by atoms with van der Waals surface area (Å²) < 4.78 is 38.4. The largest absolute Gasteiger partial charge is 0.505 e. The van der Waals surface area contributed by atoms with Crippen molar-refractivity contribution in [3.8, 4) is 11.5 Å². The van der Waals surface area contributed by atoms with E-state index in [0.717, 1.165) is 6.07 Å². The molecule has 38 heavy (non-hydrogen) atoms. The first-order valence-electron chi connectivity index (χ1n) is 11.2. The highest BCUT2D eigenvalue weighted by molar-refractivity contribution is 7.85. The number of phenols is 1. The van der Waals surface area contributed by atoms with Gasteiger partial charge in [0.25, 0.3) is 16.0 Å². The molecule has 0 bridgehead atoms. The van der Waals surface area contributed by atoms with Crippen LogP contribution in [0.5, 0.6) is 11.5 Å². The fourth-order valence-corrected chi connectivity index (χ4v) is 4.96. The molecule has 4 aromatic rings. The Morgan fingerprint density at radius 2 is 1.79 bits per heavy atom. The van der Waals surface area contributed by atoms with Gasteiger partial charge in [0, 0.05) is 16.5 Å². The van der Waals surface area contributed by atoms with Crippen LogP contribution in [0.3, 0.4) is 0 Å². The van der Waals surface area contributed by atoms with Crippen LogP contribution in [0.1, 0.15) is 22.8 Å². The fourth-order valence-electron chi connectivity index (χ4n) is 3.75. The summed E-state index contributed by atoms with van der Waals surface area (Å²) in [5, 5.41) is 23.4. The molecule has 0 heterocycles. The topological polar surface area (TPSA) is 138 Å². The minimum atomic E-state index is -4.57. The first kappa shape index (κ1) is 27.3. The van der Waals surface area contributed by atoms with Crippen molar-refractivity contribution >= 4 is 67.1 Å². The number of phenolic OH excluding ortho intramolecular Hbond substituents is 1. The predicted octanol–water partition coefficient (Wildman–Crippen LogP) is 7.47. The quantitative estimate of drug-likeness (QED) is 0.155. The van der Waals surface area contributed by atoms with Gasteiger partial charge in [-0.25, -0.2) is 0 Å². The van der Waals surface area contributed by atoms with Gasteiger partial charge in [0.05, 0.1) is 28.6 Å². The van der Waals surface area contributed by atoms with E-state index in [1.54, 1.807) is 42.5 Å². The van der Waals surface area contributed by atoms with Gasteiger partial charge in [-0.15, -0.1) is 5.11 Å². The molecule has 4 aromatic carbocycles. The third kappa shape index (κ3) is 5.73. The van der Waals surface area contributed by atoms with Crippen LogP contribution in [0.4, 0.5) is 17.1 Å². The molecule has 3 N–H and O–H groups in total. The van der Waals surface area contributed by atoms with Gasteiger partial charge in [-0.3, -0.25) is 9.35 Å². The molecule has 0 aliphatic carbocycles. The number of carbonyl (C=O) groups is 1. The zero-order chi connectivity index (χ0) is 27.6. The number of amides is 1. The number of ether oxygens (including phenoxy) is 1. The molecule has 12 heteroatoms. The molecule has 9 nitrogen and oxygen atoms in total. The summed E-state index contributed by atoms with van der Waals surface area (Å²) in [5.41, 5.74) is 0.294. The smallest absolute Gasteiger partial charge is 0.294 e. The van der Waals surface area contributed by atoms with E-state index in [9.17, 15) is 22.9 Å². The van der Waals surface area contributed by atoms with Crippen molar-refractivity contribution in [3.63, 3.8) is 0 Å². The summed E-state index contributed by atoms with van der Waals surface area (Å²) >= 11 is 12.3. The first-order chi connectivity index (χ1) is 18.0. The van der Waals surface area contributed by atoms with E-state index in [1.807, 2.05) is 6.92 Å². The predicted molar refractivity (Wildman–Crippen MR) is 146 cm³/mol. The van der Waals surface area contributed by atoms with Crippen LogP contribution in [0.25, 0.3) is 10.8 Å². The summed E-state index contributed by atoms with van der Waals surface area (Å²) in [6.07, 6.45) is 0. The maximum atomic E-state index is 13.2. The summed E-state index contributed by atoms with van der Waals surface area (Å²) in [7, 11) is -4.57. The monoisotopic (exact) mass is 573 g/mol. The van der Waals surface area contributed by atoms with E-state index in [1.165, 1.54) is 19.1 Å². The number of anilines is 1. The van der Waals surface area contributed by atoms with E-state index in [4.69, 9.17) is 27.9 Å². The zero-order valence-corrected chi connectivity index (χ0v) is 22.4. The summed E-state index contributed by atoms with van der Waals surface area (Å²) in [5.74, 6) is -0.616. The lowest BCUT2D eigenvalue weighted by Gasteiger charge is -2.13. The summed E-state index contributed by atoms with van der Waals surface area (Å²) in [4.78, 5) is 12.8. The van der Waals surface area contributed by atoms with Crippen molar-refractivity contribution in [2.45, 2.75) is 18.7 Å². The molecule has 1 amide bonds. The Morgan fingerprint density at radius 3 is 2.50 bits per heavy atom. The number of hydrogen-bond acceptors (Lipinski definition) is 7. The van der Waals surface area contributed by atoms with Crippen LogP contribution >= 0.6 is 23.2 Å². The summed E-state index contributed by atoms with van der Waals surface area (Å²) in [6.45, 7) is 3.67. The van der Waals surface area contributed by atoms with Crippen molar-refractivity contribution in [3.05, 3.63) is 81.8 Å². The Hall–Kier alpha value is -3.70. The van der Waals surface area contributed by atoms with E-state index in [0.29, 0.717) is 23.1 Å². The molecule has 196 valence electrons. The third-order valence-corrected chi connectivity index (χ3v) is 7.10. The SMILES string of the molecule is CCOc1ccc(Cl)c(NC(=O)c2cc3ccccc3c(N=Nc3cc(Cl)cc(S(=O)(=O)O)c3C)c2O)c1. The lowest BCUT2D eigenvalue weighted by Crippen LogP contribution is -2.12. The number of benzene rings is 4. The average molecular weight is 574 g/mol. The maximum Gasteiger partial charge on any atom is 0.294 e. The normalized spacial score (nSPS) is 11.7. The van der Waals surface area contributed by atoms with Gasteiger partial charge in [0.1, 0.15) is 16.3 Å². The molecular weight excluding hydrogens is 553 g/mol. The minimum absolute atomic E-state index is 0.00513. The van der Waals surface area contributed by atoms with Crippen molar-refractivity contribution < 1.29 is 27.6 Å². The van der Waals surface area contributed by atoms with Crippen LogP contribution in [0.2, 0.25) is 10.0 Å². The fraction of sp³-hybridized carbons (Fsp3) is 0.115. The number of carbonyl (C=O) groups excluding carboxylic acids is 1. The number of aromatic hydroxyl groups is 1. The standard InChI is InChI=1S/C26H21Cl2N3O6S/c1-3-37-17-8-9-20(28)22(13-17)29-26(33)19-10-15-6-4-5-7-18(15)24(25(19)32)31-30-21-11-16(27)12-23(14(21)2)38(34,35)36/h4-13,32H,3H2,1-2H3,(H,29,33)(H,34,35,36). The highest BCUT2D eigenvalue weighted by atomic mass is 35.5. The third-order valence-electron chi connectivity index (χ3n) is 5.57. The molecular formula is C26H21Cl2N3O6S. The van der Waals surface area contributed by atoms with Crippen LogP contribution in [-0.2, 0) is 10.1 Å². The number of azo groups is 1. The lowest BCUT2D eigenvalue weighted by atomic mass is 10.0. The lowest BCUT2D eigenvalue weighted by molar-refractivity contribution is 0.102. The Kier molecular flexibility index (Phi) is 7.89. The molecule has 0 spiro atoms. The molecule has 0 radical (unpaired) electrons. The molecule has 0 aliphatic heterocycles. The molecule has 0 atom stereocenters. The van der Waals surface area contributed by atoms with Crippen molar-refractivity contribution in [1.29, 1.82) is 0 Å². The minimum Gasteiger partial charge on any atom is -0.505 e. The Labute approximate surface area is 228 Å². The van der Waals surface area contributed by atoms with Crippen LogP contribution < -0.4 is 10.1 Å². The van der Waals surface area contributed by atoms with Crippen molar-refractivity contribution in [1.82, 2.24) is 0 Å². The first-order valence-corrected chi connectivity index (χ1v) is 13.4. The van der Waals surface area contributed by atoms with Gasteiger partial charge in [-0.2, -0.15) is 13.5 Å². The molecule has 0 aromatic heterocycles. The van der Waals surface area contributed by atoms with Crippen molar-refractivity contribution in [2.24, 2.45) is 10.2 Å². The van der Waals surface area contributed by atoms with E-state index in [-0.39, 0.29) is 38.2 Å². The van der Waals surface area contributed by atoms with Crippen LogP contribution in [-0.4, -0.2) is 30.6 Å². The Bertz CT molecular complexity index is 1710. The molecule has 0 fully saturated rings.